The van der Waals surface area contributed by atoms with Gasteiger partial charge in [0.05, 0.1) is 5.92 Å². The lowest BCUT2D eigenvalue weighted by Crippen LogP contribution is -2.49. The number of primary amides is 1. The van der Waals surface area contributed by atoms with E-state index in [0.29, 0.717) is 24.6 Å². The molecule has 3 aliphatic rings. The van der Waals surface area contributed by atoms with E-state index in [-0.39, 0.29) is 23.8 Å². The molecule has 0 heterocycles. The van der Waals surface area contributed by atoms with E-state index >= 15 is 0 Å². The van der Waals surface area contributed by atoms with Gasteiger partial charge in [-0.1, -0.05) is 18.2 Å². The predicted octanol–water partition coefficient (Wildman–Crippen LogP) is 1.11. The molecular weight excluding hydrogens is 304 g/mol. The van der Waals surface area contributed by atoms with E-state index in [9.17, 15) is 9.59 Å². The normalized spacial score (nSPS) is 30.0. The maximum absolute atomic E-state index is 13.1. The van der Waals surface area contributed by atoms with Gasteiger partial charge in [-0.2, -0.15) is 0 Å². The Bertz CT molecular complexity index is 606. The molecule has 0 aromatic heterocycles. The average molecular weight is 330 g/mol. The first-order chi connectivity index (χ1) is 11.5. The Morgan fingerprint density at radius 2 is 2.00 bits per heavy atom. The van der Waals surface area contributed by atoms with Crippen molar-refractivity contribution in [2.45, 2.75) is 50.6 Å². The Morgan fingerprint density at radius 1 is 1.25 bits per heavy atom. The molecule has 0 saturated heterocycles. The van der Waals surface area contributed by atoms with E-state index in [4.69, 9.17) is 16.9 Å². The van der Waals surface area contributed by atoms with E-state index in [1.807, 2.05) is 6.08 Å². The van der Waals surface area contributed by atoms with Crippen LogP contribution in [0.3, 0.4) is 0 Å². The predicted molar refractivity (Wildman–Crippen MR) is 92.3 cm³/mol. The van der Waals surface area contributed by atoms with Crippen LogP contribution in [-0.2, 0) is 9.59 Å². The molecule has 2 fully saturated rings. The van der Waals surface area contributed by atoms with Gasteiger partial charge in [-0.25, -0.2) is 0 Å². The van der Waals surface area contributed by atoms with Gasteiger partial charge in [0.15, 0.2) is 0 Å². The van der Waals surface area contributed by atoms with E-state index < -0.39 is 5.91 Å². The molecule has 3 atom stereocenters. The molecule has 130 valence electrons. The summed E-state index contributed by atoms with van der Waals surface area (Å²) in [6.07, 6.45) is 10.3. The van der Waals surface area contributed by atoms with Crippen molar-refractivity contribution >= 4 is 17.5 Å². The second-order valence-corrected chi connectivity index (χ2v) is 7.09. The number of carbonyl (C=O) groups excluding carboxylic acids is 2. The summed E-state index contributed by atoms with van der Waals surface area (Å²) in [6.45, 7) is 0.482. The SMILES string of the molecule is N=C1CCC(N(C(=O)C2C=CC(C(N)=O)=CC2)C2CC2)CC1CN. The molecular formula is C18H26N4O2. The fourth-order valence-electron chi connectivity index (χ4n) is 3.79. The summed E-state index contributed by atoms with van der Waals surface area (Å²) < 4.78 is 0. The number of nitrogens with one attached hydrogen (secondary N) is 1. The van der Waals surface area contributed by atoms with Crippen molar-refractivity contribution in [3.8, 4) is 0 Å². The van der Waals surface area contributed by atoms with Crippen LogP contribution in [-0.4, -0.2) is 41.1 Å². The van der Waals surface area contributed by atoms with Crippen LogP contribution in [0.1, 0.15) is 38.5 Å². The largest absolute Gasteiger partial charge is 0.366 e. The number of rotatable bonds is 5. The molecule has 0 spiro atoms. The summed E-state index contributed by atoms with van der Waals surface area (Å²) in [4.78, 5) is 26.3. The van der Waals surface area contributed by atoms with Gasteiger partial charge in [-0.05, 0) is 38.5 Å². The minimum Gasteiger partial charge on any atom is -0.366 e. The monoisotopic (exact) mass is 330 g/mol. The second-order valence-electron chi connectivity index (χ2n) is 7.09. The van der Waals surface area contributed by atoms with Gasteiger partial charge in [-0.15, -0.1) is 0 Å². The molecule has 0 bridgehead atoms. The molecule has 3 aliphatic carbocycles. The maximum atomic E-state index is 13.1. The highest BCUT2D eigenvalue weighted by atomic mass is 16.2. The fraction of sp³-hybridized carbons (Fsp3) is 0.611. The maximum Gasteiger partial charge on any atom is 0.248 e. The first-order valence-corrected chi connectivity index (χ1v) is 8.79. The lowest BCUT2D eigenvalue weighted by molar-refractivity contribution is -0.137. The molecule has 2 amide bonds. The van der Waals surface area contributed by atoms with Gasteiger partial charge in [0, 0.05) is 35.8 Å². The topological polar surface area (TPSA) is 113 Å². The molecule has 24 heavy (non-hydrogen) atoms. The van der Waals surface area contributed by atoms with Gasteiger partial charge >= 0.3 is 0 Å². The minimum absolute atomic E-state index is 0.0982. The molecule has 3 rings (SSSR count). The van der Waals surface area contributed by atoms with Gasteiger partial charge in [0.2, 0.25) is 11.8 Å². The smallest absolute Gasteiger partial charge is 0.248 e. The molecule has 0 aromatic carbocycles. The fourth-order valence-corrected chi connectivity index (χ4v) is 3.79. The highest BCUT2D eigenvalue weighted by molar-refractivity contribution is 5.95. The average Bonchev–Trinajstić information content (AvgIpc) is 3.41. The van der Waals surface area contributed by atoms with Crippen molar-refractivity contribution in [1.82, 2.24) is 4.90 Å². The molecule has 2 saturated carbocycles. The highest BCUT2D eigenvalue weighted by Crippen LogP contribution is 2.36. The number of allylic oxidation sites excluding steroid dienone is 1. The van der Waals surface area contributed by atoms with Crippen LogP contribution < -0.4 is 11.5 Å². The van der Waals surface area contributed by atoms with E-state index in [0.717, 1.165) is 37.8 Å². The summed E-state index contributed by atoms with van der Waals surface area (Å²) in [5.41, 5.74) is 12.3. The van der Waals surface area contributed by atoms with Crippen molar-refractivity contribution < 1.29 is 9.59 Å². The van der Waals surface area contributed by atoms with Crippen LogP contribution in [0.2, 0.25) is 0 Å². The Morgan fingerprint density at radius 3 is 2.54 bits per heavy atom. The molecule has 6 heteroatoms. The van der Waals surface area contributed by atoms with E-state index in [1.165, 1.54) is 0 Å². The van der Waals surface area contributed by atoms with E-state index in [2.05, 4.69) is 4.90 Å². The molecule has 3 unspecified atom stereocenters. The first-order valence-electron chi connectivity index (χ1n) is 8.79. The van der Waals surface area contributed by atoms with Crippen LogP contribution in [0, 0.1) is 17.2 Å². The molecule has 0 aliphatic heterocycles. The van der Waals surface area contributed by atoms with Gasteiger partial charge in [-0.3, -0.25) is 9.59 Å². The number of carbonyl (C=O) groups is 2. The summed E-state index contributed by atoms with van der Waals surface area (Å²) in [6, 6.07) is 0.519. The molecule has 6 nitrogen and oxygen atoms in total. The lowest BCUT2D eigenvalue weighted by atomic mass is 9.82. The standard InChI is InChI=1S/C18H26N4O2/c19-10-13-9-15(7-8-16(13)20)22(14-5-6-14)18(24)12-3-1-11(2-4-12)17(21)23/h1-3,12-15,20H,4-10,19H2,(H2,21,23). The summed E-state index contributed by atoms with van der Waals surface area (Å²) in [5, 5.41) is 8.02. The second kappa shape index (κ2) is 6.89. The lowest BCUT2D eigenvalue weighted by Gasteiger charge is -2.39. The number of hydrogen-bond acceptors (Lipinski definition) is 4. The van der Waals surface area contributed by atoms with Crippen LogP contribution in [0.15, 0.2) is 23.8 Å². The number of nitrogens with two attached hydrogens (primary N) is 2. The zero-order valence-corrected chi connectivity index (χ0v) is 13.9. The Hall–Kier alpha value is -1.95. The van der Waals surface area contributed by atoms with Crippen molar-refractivity contribution in [3.05, 3.63) is 23.8 Å². The van der Waals surface area contributed by atoms with Gasteiger partial charge in [0.25, 0.3) is 0 Å². The number of nitrogens with zero attached hydrogens (tertiary/aromatic N) is 1. The van der Waals surface area contributed by atoms with Crippen LogP contribution in [0.25, 0.3) is 0 Å². The summed E-state index contributed by atoms with van der Waals surface area (Å²) >= 11 is 0. The van der Waals surface area contributed by atoms with E-state index in [1.54, 1.807) is 12.2 Å². The van der Waals surface area contributed by atoms with Crippen LogP contribution in [0.5, 0.6) is 0 Å². The summed E-state index contributed by atoms with van der Waals surface area (Å²) in [5.74, 6) is -0.428. The first kappa shape index (κ1) is 16.9. The Kier molecular flexibility index (Phi) is 4.85. The van der Waals surface area contributed by atoms with Crippen LogP contribution in [0.4, 0.5) is 0 Å². The van der Waals surface area contributed by atoms with Crippen LogP contribution >= 0.6 is 0 Å². The zero-order chi connectivity index (χ0) is 17.3. The summed E-state index contributed by atoms with van der Waals surface area (Å²) in [7, 11) is 0. The molecule has 0 radical (unpaired) electrons. The Labute approximate surface area is 142 Å². The van der Waals surface area contributed by atoms with Crippen molar-refractivity contribution in [3.63, 3.8) is 0 Å². The zero-order valence-electron chi connectivity index (χ0n) is 13.9. The molecule has 0 aromatic rings. The van der Waals surface area contributed by atoms with Crippen molar-refractivity contribution in [2.75, 3.05) is 6.54 Å². The van der Waals surface area contributed by atoms with Gasteiger partial charge in [0.1, 0.15) is 0 Å². The van der Waals surface area contributed by atoms with Crippen molar-refractivity contribution in [2.24, 2.45) is 23.3 Å². The van der Waals surface area contributed by atoms with Gasteiger partial charge < -0.3 is 21.8 Å². The highest BCUT2D eigenvalue weighted by Gasteiger charge is 2.41. The minimum atomic E-state index is -0.451. The Balaban J connectivity index is 1.70. The third-order valence-electron chi connectivity index (χ3n) is 5.37. The quantitative estimate of drug-likeness (QED) is 0.701. The van der Waals surface area contributed by atoms with Crippen molar-refractivity contribution in [1.29, 1.82) is 5.41 Å². The number of hydrogen-bond donors (Lipinski definition) is 3. The molecule has 5 N–H and O–H groups in total. The number of amides is 2. The third-order valence-corrected chi connectivity index (χ3v) is 5.37. The third kappa shape index (κ3) is 3.43.